The van der Waals surface area contributed by atoms with Crippen molar-refractivity contribution >= 4 is 5.78 Å². The quantitative estimate of drug-likeness (QED) is 0.219. The fourth-order valence-corrected chi connectivity index (χ4v) is 13.4. The van der Waals surface area contributed by atoms with Crippen LogP contribution in [0.15, 0.2) is 58.7 Å². The van der Waals surface area contributed by atoms with Crippen LogP contribution >= 0.6 is 0 Å². The molecule has 0 bridgehead atoms. The number of hydrogen-bond acceptors (Lipinski definition) is 7. The van der Waals surface area contributed by atoms with Gasteiger partial charge < -0.3 is 29.8 Å². The zero-order valence-electron chi connectivity index (χ0n) is 34.0. The first-order chi connectivity index (χ1) is 24.7. The minimum atomic E-state index is -0.895. The first kappa shape index (κ1) is 38.9. The number of terminal acetylenes is 1. The lowest BCUT2D eigenvalue weighted by molar-refractivity contribution is -0.363. The van der Waals surface area contributed by atoms with Crippen LogP contribution in [0.1, 0.15) is 114 Å². The molecule has 7 nitrogen and oxygen atoms in total. The highest BCUT2D eigenvalue weighted by molar-refractivity contribution is 6.03. The molecule has 3 aliphatic heterocycles. The van der Waals surface area contributed by atoms with Gasteiger partial charge in [0.1, 0.15) is 6.10 Å². The Labute approximate surface area is 318 Å². The summed E-state index contributed by atoms with van der Waals surface area (Å²) in [5.74, 6) is 0.608. The van der Waals surface area contributed by atoms with Crippen molar-refractivity contribution < 1.29 is 28.8 Å². The van der Waals surface area contributed by atoms with E-state index in [9.17, 15) is 9.90 Å². The van der Waals surface area contributed by atoms with Crippen molar-refractivity contribution in [2.24, 2.45) is 45.7 Å². The van der Waals surface area contributed by atoms with E-state index in [0.29, 0.717) is 12.5 Å². The number of carbonyl (C=O) groups excluding carboxylic acids is 1. The number of ketones is 1. The van der Waals surface area contributed by atoms with E-state index < -0.39 is 28.7 Å². The largest absolute Gasteiger partial charge is 0.389 e. The Balaban J connectivity index is 0.00000214. The predicted molar refractivity (Wildman–Crippen MR) is 208 cm³/mol. The van der Waals surface area contributed by atoms with E-state index >= 15 is 0 Å². The van der Waals surface area contributed by atoms with Gasteiger partial charge in [-0.1, -0.05) is 44.2 Å². The zero-order valence-corrected chi connectivity index (χ0v) is 34.0. The molecular formula is C46H65NO6. The van der Waals surface area contributed by atoms with Gasteiger partial charge in [0.15, 0.2) is 12.1 Å². The molecule has 7 heteroatoms. The molecule has 0 radical (unpaired) electrons. The van der Waals surface area contributed by atoms with Crippen LogP contribution in [0.25, 0.3) is 0 Å². The third kappa shape index (κ3) is 5.18. The van der Waals surface area contributed by atoms with Gasteiger partial charge in [-0.05, 0) is 140 Å². The molecular weight excluding hydrogens is 663 g/mol. The molecule has 0 amide bonds. The van der Waals surface area contributed by atoms with E-state index in [1.165, 1.54) is 5.57 Å². The first-order valence-electron chi connectivity index (χ1n) is 20.1. The Bertz CT molecular complexity index is 1720. The molecule has 3 saturated heterocycles. The van der Waals surface area contributed by atoms with Gasteiger partial charge in [0.05, 0.1) is 40.5 Å². The maximum absolute atomic E-state index is 14.4. The van der Waals surface area contributed by atoms with Gasteiger partial charge in [-0.25, -0.2) is 0 Å². The van der Waals surface area contributed by atoms with Crippen molar-refractivity contribution in [1.82, 2.24) is 0 Å². The average molecular weight is 728 g/mol. The lowest BCUT2D eigenvalue weighted by atomic mass is 9.40. The molecule has 8 rings (SSSR count). The Morgan fingerprint density at radius 2 is 1.68 bits per heavy atom. The summed E-state index contributed by atoms with van der Waals surface area (Å²) in [6, 6.07) is 0. The lowest BCUT2D eigenvalue weighted by Crippen LogP contribution is -2.73. The molecule has 5 aliphatic carbocycles. The lowest BCUT2D eigenvalue weighted by Gasteiger charge is -2.68. The van der Waals surface area contributed by atoms with Crippen molar-refractivity contribution in [3.05, 3.63) is 58.7 Å². The van der Waals surface area contributed by atoms with Gasteiger partial charge in [-0.3, -0.25) is 4.79 Å². The maximum atomic E-state index is 14.4. The van der Waals surface area contributed by atoms with Crippen LogP contribution < -0.4 is 5.73 Å². The summed E-state index contributed by atoms with van der Waals surface area (Å²) in [6.07, 6.45) is 21.8. The zero-order chi connectivity index (χ0) is 38.9. The number of aliphatic hydroxyl groups is 1. The standard InChI is InChI=1S/C44H63NO6.C2H2/c1-24(2)19-33-49-36-31-23-43(31)32(48-37(36)40(8,9)50-33)15-16-42(11)41(10)22-26(20-27(41)14-17-44(42,43)47)25(3)29-21-30-34(35(46)28(29)13-12-18-45)39(6,7)51-38(30,4)5;1-2/h12-13,19,22,27,30-34,36-37,47H,3,14-18,20-21,23,45H2,1-2,4-11H3;1-2H/b13-12-;/t27-,30+,31+,32?,33-,34?,36-,37-,41-,42+,43-,44-;/m0./s1. The van der Waals surface area contributed by atoms with E-state index in [4.69, 9.17) is 31.3 Å². The molecule has 2 unspecified atom stereocenters. The van der Waals surface area contributed by atoms with Crippen LogP contribution in [0.2, 0.25) is 0 Å². The molecule has 290 valence electrons. The van der Waals surface area contributed by atoms with Crippen molar-refractivity contribution in [2.45, 2.75) is 161 Å². The summed E-state index contributed by atoms with van der Waals surface area (Å²) in [4.78, 5) is 14.4. The van der Waals surface area contributed by atoms with Crippen LogP contribution in [0.3, 0.4) is 0 Å². The number of rotatable bonds is 5. The fourth-order valence-electron chi connectivity index (χ4n) is 13.4. The van der Waals surface area contributed by atoms with Crippen LogP contribution in [0.4, 0.5) is 0 Å². The predicted octanol–water partition coefficient (Wildman–Crippen LogP) is 7.93. The number of fused-ring (bicyclic) bond motifs is 6. The third-order valence-corrected chi connectivity index (χ3v) is 16.0. The molecule has 0 aromatic rings. The van der Waals surface area contributed by atoms with Crippen LogP contribution in [-0.2, 0) is 23.7 Å². The number of hydrogen-bond donors (Lipinski definition) is 2. The second kappa shape index (κ2) is 12.3. The van der Waals surface area contributed by atoms with Crippen molar-refractivity contribution in [2.75, 3.05) is 6.54 Å². The first-order valence-corrected chi connectivity index (χ1v) is 20.1. The second-order valence-electron chi connectivity index (χ2n) is 19.9. The van der Waals surface area contributed by atoms with Gasteiger partial charge in [0.25, 0.3) is 0 Å². The monoisotopic (exact) mass is 727 g/mol. The summed E-state index contributed by atoms with van der Waals surface area (Å²) >= 11 is 0. The molecule has 6 fully saturated rings. The van der Waals surface area contributed by atoms with Gasteiger partial charge in [-0.15, -0.1) is 12.8 Å². The summed E-state index contributed by atoms with van der Waals surface area (Å²) in [7, 11) is 0. The minimum absolute atomic E-state index is 0.0160. The van der Waals surface area contributed by atoms with E-state index in [0.717, 1.165) is 67.2 Å². The molecule has 8 aliphatic rings. The number of nitrogens with two attached hydrogens (primary N) is 1. The Morgan fingerprint density at radius 3 is 2.34 bits per heavy atom. The number of ether oxygens (including phenoxy) is 4. The van der Waals surface area contributed by atoms with Gasteiger partial charge >= 0.3 is 0 Å². The fraction of sp³-hybridized carbons (Fsp3) is 0.717. The van der Waals surface area contributed by atoms with Crippen molar-refractivity contribution in [3.63, 3.8) is 0 Å². The third-order valence-electron chi connectivity index (χ3n) is 16.0. The molecule has 3 saturated carbocycles. The van der Waals surface area contributed by atoms with Crippen LogP contribution in [0, 0.1) is 52.8 Å². The van der Waals surface area contributed by atoms with Crippen LogP contribution in [0.5, 0.6) is 0 Å². The Kier molecular flexibility index (Phi) is 9.07. The second-order valence-corrected chi connectivity index (χ2v) is 19.9. The summed E-state index contributed by atoms with van der Waals surface area (Å²) in [5, 5.41) is 13.4. The normalized spacial score (nSPS) is 46.7. The highest BCUT2D eigenvalue weighted by Gasteiger charge is 2.84. The Hall–Kier alpha value is -2.31. The smallest absolute Gasteiger partial charge is 0.178 e. The van der Waals surface area contributed by atoms with E-state index in [1.807, 2.05) is 12.2 Å². The van der Waals surface area contributed by atoms with Crippen molar-refractivity contribution in [1.29, 1.82) is 0 Å². The summed E-state index contributed by atoms with van der Waals surface area (Å²) in [6.45, 7) is 26.7. The molecule has 53 heavy (non-hydrogen) atoms. The average Bonchev–Trinajstić information content (AvgIpc) is 3.69. The number of Topliss-reactive ketones (excluding diaryl/α,β-unsaturated/α-hetero) is 1. The molecule has 3 heterocycles. The van der Waals surface area contributed by atoms with E-state index in [-0.39, 0.29) is 58.1 Å². The number of carbonyl (C=O) groups is 1. The molecule has 12 atom stereocenters. The van der Waals surface area contributed by atoms with E-state index in [2.05, 4.69) is 94.2 Å². The molecule has 0 aromatic carbocycles. The van der Waals surface area contributed by atoms with Gasteiger partial charge in [0, 0.05) is 28.9 Å². The Morgan fingerprint density at radius 1 is 0.981 bits per heavy atom. The summed E-state index contributed by atoms with van der Waals surface area (Å²) in [5.41, 5.74) is 7.78. The van der Waals surface area contributed by atoms with Crippen molar-refractivity contribution in [3.8, 4) is 12.8 Å². The SMILES string of the molecule is C#C.C=C(C1=C[C@@]2(C)[C@@H](CC[C@]3(O)[C@]2(C)CCC2O[C@H]4[C@@H](O[C@H](C=C(C)C)OC4(C)C)[C@H]4C[C@@]243)C1)C1=C(/C=C\CN)C(=O)C2[C@@H](C1)C(C)(C)OC2(C)C. The highest BCUT2D eigenvalue weighted by atomic mass is 16.7. The molecule has 0 aromatic heterocycles. The maximum Gasteiger partial charge on any atom is 0.178 e. The van der Waals surface area contributed by atoms with Crippen LogP contribution in [-0.4, -0.2) is 64.4 Å². The summed E-state index contributed by atoms with van der Waals surface area (Å²) < 4.78 is 26.8. The highest BCUT2D eigenvalue weighted by Crippen LogP contribution is 2.81. The van der Waals surface area contributed by atoms with Gasteiger partial charge in [-0.2, -0.15) is 0 Å². The van der Waals surface area contributed by atoms with E-state index in [1.54, 1.807) is 0 Å². The number of allylic oxidation sites excluding steroid dienone is 7. The molecule has 3 N–H and O–H groups in total. The van der Waals surface area contributed by atoms with Gasteiger partial charge in [0.2, 0.25) is 0 Å². The molecule has 1 spiro atoms. The topological polar surface area (TPSA) is 100 Å². The minimum Gasteiger partial charge on any atom is -0.389 e.